The number of rotatable bonds is 9. The zero-order valence-corrected chi connectivity index (χ0v) is 17.7. The second-order valence-electron chi connectivity index (χ2n) is 6.73. The van der Waals surface area contributed by atoms with Crippen molar-refractivity contribution in [1.82, 2.24) is 20.1 Å². The highest BCUT2D eigenvalue weighted by Gasteiger charge is 2.16. The summed E-state index contributed by atoms with van der Waals surface area (Å²) in [4.78, 5) is 13.6. The summed E-state index contributed by atoms with van der Waals surface area (Å²) < 4.78 is 2.06. The van der Waals surface area contributed by atoms with Gasteiger partial charge in [-0.1, -0.05) is 56.0 Å². The first kappa shape index (κ1) is 20.4. The van der Waals surface area contributed by atoms with Crippen molar-refractivity contribution in [2.75, 3.05) is 6.54 Å². The number of hydrogen-bond acceptors (Lipinski definition) is 5. The van der Waals surface area contributed by atoms with Crippen LogP contribution in [0.25, 0.3) is 10.7 Å². The summed E-state index contributed by atoms with van der Waals surface area (Å²) in [5.74, 6) is 1.88. The largest absolute Gasteiger partial charge is 0.352 e. The van der Waals surface area contributed by atoms with Gasteiger partial charge in [0.15, 0.2) is 11.0 Å². The van der Waals surface area contributed by atoms with E-state index in [2.05, 4.69) is 40.5 Å². The predicted molar refractivity (Wildman–Crippen MR) is 117 cm³/mol. The van der Waals surface area contributed by atoms with Crippen LogP contribution >= 0.6 is 23.1 Å². The smallest absolute Gasteiger partial charge is 0.251 e. The summed E-state index contributed by atoms with van der Waals surface area (Å²) in [6.45, 7) is 9.32. The number of carbonyl (C=O) groups excluding carboxylic acids is 1. The molecule has 0 bridgehead atoms. The highest BCUT2D eigenvalue weighted by Crippen LogP contribution is 2.29. The van der Waals surface area contributed by atoms with Gasteiger partial charge in [-0.05, 0) is 29.0 Å². The third-order valence-electron chi connectivity index (χ3n) is 4.06. The van der Waals surface area contributed by atoms with Gasteiger partial charge in [-0.3, -0.25) is 9.36 Å². The van der Waals surface area contributed by atoms with Crippen LogP contribution in [0.2, 0.25) is 0 Å². The van der Waals surface area contributed by atoms with E-state index in [0.717, 1.165) is 21.4 Å². The van der Waals surface area contributed by atoms with Gasteiger partial charge in [0.05, 0.1) is 4.88 Å². The van der Waals surface area contributed by atoms with E-state index in [0.29, 0.717) is 30.3 Å². The lowest BCUT2D eigenvalue weighted by Gasteiger charge is -2.12. The van der Waals surface area contributed by atoms with E-state index < -0.39 is 0 Å². The average molecular weight is 413 g/mol. The minimum Gasteiger partial charge on any atom is -0.352 e. The predicted octanol–water partition coefficient (Wildman–Crippen LogP) is 4.87. The van der Waals surface area contributed by atoms with E-state index in [1.807, 2.05) is 47.9 Å². The number of aromatic nitrogens is 3. The van der Waals surface area contributed by atoms with E-state index >= 15 is 0 Å². The third kappa shape index (κ3) is 4.91. The molecule has 3 aromatic rings. The van der Waals surface area contributed by atoms with Gasteiger partial charge in [0.1, 0.15) is 0 Å². The molecule has 0 saturated heterocycles. The number of thiophene rings is 1. The van der Waals surface area contributed by atoms with Crippen LogP contribution in [0.3, 0.4) is 0 Å². The van der Waals surface area contributed by atoms with Gasteiger partial charge >= 0.3 is 0 Å². The SMILES string of the molecule is C=CCn1c(SCc2ccccc2C(=O)NCC(C)C)nnc1-c1cccs1. The van der Waals surface area contributed by atoms with Crippen LogP contribution < -0.4 is 5.32 Å². The normalized spacial score (nSPS) is 11.0. The fourth-order valence-corrected chi connectivity index (χ4v) is 4.35. The Morgan fingerprint density at radius 2 is 2.11 bits per heavy atom. The Bertz CT molecular complexity index is 932. The molecule has 0 unspecified atom stereocenters. The lowest BCUT2D eigenvalue weighted by molar-refractivity contribution is 0.0948. The molecule has 0 radical (unpaired) electrons. The van der Waals surface area contributed by atoms with Crippen molar-refractivity contribution < 1.29 is 4.79 Å². The number of benzene rings is 1. The van der Waals surface area contributed by atoms with Crippen molar-refractivity contribution >= 4 is 29.0 Å². The Balaban J connectivity index is 1.78. The van der Waals surface area contributed by atoms with Crippen LogP contribution in [0.4, 0.5) is 0 Å². The Labute approximate surface area is 173 Å². The zero-order chi connectivity index (χ0) is 19.9. The summed E-state index contributed by atoms with van der Waals surface area (Å²) in [5, 5.41) is 14.6. The van der Waals surface area contributed by atoms with Crippen molar-refractivity contribution in [3.63, 3.8) is 0 Å². The van der Waals surface area contributed by atoms with Crippen molar-refractivity contribution in [1.29, 1.82) is 0 Å². The van der Waals surface area contributed by atoms with Gasteiger partial charge in [-0.25, -0.2) is 0 Å². The van der Waals surface area contributed by atoms with Crippen LogP contribution in [0.5, 0.6) is 0 Å². The summed E-state index contributed by atoms with van der Waals surface area (Å²) >= 11 is 3.22. The molecule has 0 aliphatic heterocycles. The molecule has 7 heteroatoms. The number of hydrogen-bond donors (Lipinski definition) is 1. The van der Waals surface area contributed by atoms with Crippen molar-refractivity contribution in [3.8, 4) is 10.7 Å². The lowest BCUT2D eigenvalue weighted by atomic mass is 10.1. The molecule has 0 saturated carbocycles. The van der Waals surface area contributed by atoms with Crippen molar-refractivity contribution in [3.05, 3.63) is 65.6 Å². The maximum atomic E-state index is 12.5. The van der Waals surface area contributed by atoms with E-state index in [1.165, 1.54) is 0 Å². The molecular weight excluding hydrogens is 388 g/mol. The minimum atomic E-state index is -0.0308. The maximum absolute atomic E-state index is 12.5. The Kier molecular flexibility index (Phi) is 7.06. The summed E-state index contributed by atoms with van der Waals surface area (Å²) in [6.07, 6.45) is 1.85. The summed E-state index contributed by atoms with van der Waals surface area (Å²) in [7, 11) is 0. The number of amides is 1. The zero-order valence-electron chi connectivity index (χ0n) is 16.1. The number of thioether (sulfide) groups is 1. The molecule has 1 aromatic carbocycles. The molecule has 2 heterocycles. The van der Waals surface area contributed by atoms with Crippen LogP contribution in [0.15, 0.2) is 59.6 Å². The van der Waals surface area contributed by atoms with E-state index in [9.17, 15) is 4.79 Å². The molecule has 3 rings (SSSR count). The molecule has 2 aromatic heterocycles. The van der Waals surface area contributed by atoms with Crippen LogP contribution in [-0.2, 0) is 12.3 Å². The maximum Gasteiger partial charge on any atom is 0.251 e. The molecule has 28 heavy (non-hydrogen) atoms. The monoisotopic (exact) mass is 412 g/mol. The second-order valence-corrected chi connectivity index (χ2v) is 8.62. The highest BCUT2D eigenvalue weighted by atomic mass is 32.2. The molecule has 0 fully saturated rings. The van der Waals surface area contributed by atoms with E-state index in [-0.39, 0.29) is 5.91 Å². The number of allylic oxidation sites excluding steroid dienone is 1. The Morgan fingerprint density at radius 3 is 2.82 bits per heavy atom. The van der Waals surface area contributed by atoms with Crippen LogP contribution in [-0.4, -0.2) is 27.2 Å². The van der Waals surface area contributed by atoms with Crippen LogP contribution in [0.1, 0.15) is 29.8 Å². The van der Waals surface area contributed by atoms with E-state index in [4.69, 9.17) is 0 Å². The Morgan fingerprint density at radius 1 is 1.29 bits per heavy atom. The molecule has 1 N–H and O–H groups in total. The van der Waals surface area contributed by atoms with Gasteiger partial charge in [0.2, 0.25) is 0 Å². The van der Waals surface area contributed by atoms with Crippen molar-refractivity contribution in [2.45, 2.75) is 31.3 Å². The first-order valence-electron chi connectivity index (χ1n) is 9.17. The average Bonchev–Trinajstić information content (AvgIpc) is 3.35. The topological polar surface area (TPSA) is 59.8 Å². The van der Waals surface area contributed by atoms with Crippen molar-refractivity contribution in [2.24, 2.45) is 5.92 Å². The molecule has 0 spiro atoms. The number of carbonyl (C=O) groups is 1. The molecule has 0 atom stereocenters. The van der Waals surface area contributed by atoms with Gasteiger partial charge in [0, 0.05) is 24.4 Å². The standard InChI is InChI=1S/C21H24N4OS2/c1-4-11-25-19(18-10-7-12-27-18)23-24-21(25)28-14-16-8-5-6-9-17(16)20(26)22-13-15(2)3/h4-10,12,15H,1,11,13-14H2,2-3H3,(H,22,26). The number of nitrogens with one attached hydrogen (secondary N) is 1. The Hall–Kier alpha value is -2.38. The minimum absolute atomic E-state index is 0.0308. The van der Waals surface area contributed by atoms with E-state index in [1.54, 1.807) is 23.1 Å². The van der Waals surface area contributed by atoms with Gasteiger partial charge in [-0.2, -0.15) is 0 Å². The fourth-order valence-electron chi connectivity index (χ4n) is 2.68. The molecule has 5 nitrogen and oxygen atoms in total. The molecule has 1 amide bonds. The quantitative estimate of drug-likeness (QED) is 0.402. The molecule has 0 aliphatic rings. The lowest BCUT2D eigenvalue weighted by Crippen LogP contribution is -2.28. The summed E-state index contributed by atoms with van der Waals surface area (Å²) in [5.41, 5.74) is 1.70. The molecular formula is C21H24N4OS2. The fraction of sp³-hybridized carbons (Fsp3) is 0.286. The molecule has 0 aliphatic carbocycles. The van der Waals surface area contributed by atoms with Crippen LogP contribution in [0, 0.1) is 5.92 Å². The molecule has 146 valence electrons. The second kappa shape index (κ2) is 9.71. The third-order valence-corrected chi connectivity index (χ3v) is 5.94. The van der Waals surface area contributed by atoms with Gasteiger partial charge in [0.25, 0.3) is 5.91 Å². The van der Waals surface area contributed by atoms with Gasteiger partial charge < -0.3 is 5.32 Å². The highest BCUT2D eigenvalue weighted by molar-refractivity contribution is 7.98. The number of nitrogens with zero attached hydrogens (tertiary/aromatic N) is 3. The van der Waals surface area contributed by atoms with Gasteiger partial charge in [-0.15, -0.1) is 28.1 Å². The summed E-state index contributed by atoms with van der Waals surface area (Å²) in [6, 6.07) is 11.8. The first-order valence-corrected chi connectivity index (χ1v) is 11.0. The first-order chi connectivity index (χ1) is 13.6.